The number of unbranched alkanes of at least 4 members (excludes halogenated alkanes) is 1. The minimum Gasteiger partial charge on any atom is -0.494 e. The highest BCUT2D eigenvalue weighted by molar-refractivity contribution is 5.94. The van der Waals surface area contributed by atoms with E-state index in [0.29, 0.717) is 0 Å². The van der Waals surface area contributed by atoms with E-state index >= 15 is 0 Å². The van der Waals surface area contributed by atoms with E-state index in [2.05, 4.69) is 35.9 Å². The molecule has 122 valence electrons. The average Bonchev–Trinajstić information content (AvgIpc) is 2.59. The standard InChI is InChI=1S/C17H24N2O.C2H6/c1-4-6-13-19(12-5-2)17-15(20-3)10-9-14-8-7-11-18-16(14)17;1-2/h7-11H,4-6,12-13H2,1-3H3;1-2H3. The highest BCUT2D eigenvalue weighted by atomic mass is 16.5. The zero-order valence-corrected chi connectivity index (χ0v) is 14.7. The smallest absolute Gasteiger partial charge is 0.144 e. The second-order valence-corrected chi connectivity index (χ2v) is 5.03. The maximum Gasteiger partial charge on any atom is 0.144 e. The number of hydrogen-bond donors (Lipinski definition) is 0. The van der Waals surface area contributed by atoms with Crippen LogP contribution in [0.5, 0.6) is 5.75 Å². The minimum atomic E-state index is 0.917. The number of rotatable bonds is 7. The fourth-order valence-corrected chi connectivity index (χ4v) is 2.54. The van der Waals surface area contributed by atoms with Crippen molar-refractivity contribution in [3.63, 3.8) is 0 Å². The van der Waals surface area contributed by atoms with Crippen LogP contribution in [-0.4, -0.2) is 25.2 Å². The van der Waals surface area contributed by atoms with Gasteiger partial charge in [0.2, 0.25) is 0 Å². The van der Waals surface area contributed by atoms with Crippen LogP contribution in [0, 0.1) is 0 Å². The van der Waals surface area contributed by atoms with E-state index in [1.54, 1.807) is 7.11 Å². The number of nitrogens with zero attached hydrogens (tertiary/aromatic N) is 2. The summed E-state index contributed by atoms with van der Waals surface area (Å²) in [5.41, 5.74) is 2.18. The summed E-state index contributed by atoms with van der Waals surface area (Å²) in [6, 6.07) is 8.21. The number of benzene rings is 1. The third-order valence-electron chi connectivity index (χ3n) is 3.52. The Balaban J connectivity index is 0.00000116. The molecule has 0 N–H and O–H groups in total. The first kappa shape index (κ1) is 18.3. The fraction of sp³-hybridized carbons (Fsp3) is 0.526. The van der Waals surface area contributed by atoms with Crippen molar-refractivity contribution in [1.29, 1.82) is 0 Å². The Bertz CT molecular complexity index is 554. The molecule has 0 saturated heterocycles. The highest BCUT2D eigenvalue weighted by Crippen LogP contribution is 2.35. The fourth-order valence-electron chi connectivity index (χ4n) is 2.54. The molecule has 2 aromatic rings. The van der Waals surface area contributed by atoms with Gasteiger partial charge in [0.1, 0.15) is 11.4 Å². The number of hydrogen-bond acceptors (Lipinski definition) is 3. The van der Waals surface area contributed by atoms with Gasteiger partial charge in [-0.3, -0.25) is 4.98 Å². The van der Waals surface area contributed by atoms with E-state index in [-0.39, 0.29) is 0 Å². The molecule has 0 spiro atoms. The second kappa shape index (κ2) is 10.0. The zero-order chi connectivity index (χ0) is 16.4. The van der Waals surface area contributed by atoms with E-state index in [1.165, 1.54) is 18.2 Å². The molecule has 0 bridgehead atoms. The average molecular weight is 302 g/mol. The van der Waals surface area contributed by atoms with Crippen LogP contribution >= 0.6 is 0 Å². The van der Waals surface area contributed by atoms with Crippen LogP contribution in [0.2, 0.25) is 0 Å². The summed E-state index contributed by atoms with van der Waals surface area (Å²) in [5, 5.41) is 1.17. The van der Waals surface area contributed by atoms with E-state index < -0.39 is 0 Å². The van der Waals surface area contributed by atoms with Crippen molar-refractivity contribution in [3.8, 4) is 5.75 Å². The number of ether oxygens (including phenoxy) is 1. The molecule has 0 aliphatic rings. The molecule has 22 heavy (non-hydrogen) atoms. The van der Waals surface area contributed by atoms with Crippen molar-refractivity contribution in [2.24, 2.45) is 0 Å². The van der Waals surface area contributed by atoms with Gasteiger partial charge in [0.05, 0.1) is 12.6 Å². The molecule has 3 nitrogen and oxygen atoms in total. The Labute approximate surface area is 135 Å². The van der Waals surface area contributed by atoms with Gasteiger partial charge < -0.3 is 9.64 Å². The Kier molecular flexibility index (Phi) is 8.34. The number of pyridine rings is 1. The second-order valence-electron chi connectivity index (χ2n) is 5.03. The minimum absolute atomic E-state index is 0.917. The first-order valence-corrected chi connectivity index (χ1v) is 8.48. The van der Waals surface area contributed by atoms with Gasteiger partial charge in [-0.05, 0) is 31.0 Å². The van der Waals surface area contributed by atoms with Crippen LogP contribution in [0.3, 0.4) is 0 Å². The van der Waals surface area contributed by atoms with Crippen LogP contribution in [0.25, 0.3) is 10.9 Å². The van der Waals surface area contributed by atoms with Gasteiger partial charge in [-0.2, -0.15) is 0 Å². The lowest BCUT2D eigenvalue weighted by Crippen LogP contribution is -2.26. The van der Waals surface area contributed by atoms with Gasteiger partial charge >= 0.3 is 0 Å². The van der Waals surface area contributed by atoms with E-state index in [1.807, 2.05) is 32.2 Å². The van der Waals surface area contributed by atoms with Gasteiger partial charge in [-0.25, -0.2) is 0 Å². The Morgan fingerprint density at radius 3 is 2.45 bits per heavy atom. The molecule has 0 aliphatic heterocycles. The molecule has 3 heteroatoms. The SMILES string of the molecule is CC.CCCCN(CCC)c1c(OC)ccc2cccnc12. The normalized spacial score (nSPS) is 10.0. The number of fused-ring (bicyclic) bond motifs is 1. The van der Waals surface area contributed by atoms with Crippen LogP contribution in [0.1, 0.15) is 47.0 Å². The molecule has 1 aromatic heterocycles. The molecular weight excluding hydrogens is 272 g/mol. The Morgan fingerprint density at radius 2 is 1.82 bits per heavy atom. The summed E-state index contributed by atoms with van der Waals surface area (Å²) in [4.78, 5) is 6.99. The molecular formula is C19H30N2O. The van der Waals surface area contributed by atoms with Gasteiger partial charge in [0.25, 0.3) is 0 Å². The van der Waals surface area contributed by atoms with Crippen molar-refractivity contribution < 1.29 is 4.74 Å². The summed E-state index contributed by atoms with van der Waals surface area (Å²) in [7, 11) is 1.73. The van der Waals surface area contributed by atoms with E-state index in [9.17, 15) is 0 Å². The van der Waals surface area contributed by atoms with Gasteiger partial charge in [0, 0.05) is 24.7 Å². The molecule has 2 rings (SSSR count). The van der Waals surface area contributed by atoms with Crippen LogP contribution < -0.4 is 9.64 Å². The molecule has 1 heterocycles. The van der Waals surface area contributed by atoms with Crippen molar-refractivity contribution in [1.82, 2.24) is 4.98 Å². The highest BCUT2D eigenvalue weighted by Gasteiger charge is 2.15. The van der Waals surface area contributed by atoms with Crippen LogP contribution in [0.4, 0.5) is 5.69 Å². The molecule has 0 saturated carbocycles. The van der Waals surface area contributed by atoms with Crippen molar-refractivity contribution in [2.45, 2.75) is 47.0 Å². The first-order valence-electron chi connectivity index (χ1n) is 8.48. The maximum atomic E-state index is 5.58. The Morgan fingerprint density at radius 1 is 1.05 bits per heavy atom. The zero-order valence-electron chi connectivity index (χ0n) is 14.7. The van der Waals surface area contributed by atoms with Crippen molar-refractivity contribution in [2.75, 3.05) is 25.1 Å². The maximum absolute atomic E-state index is 5.58. The summed E-state index contributed by atoms with van der Waals surface area (Å²) in [6.45, 7) is 10.5. The lowest BCUT2D eigenvalue weighted by atomic mass is 10.1. The van der Waals surface area contributed by atoms with E-state index in [4.69, 9.17) is 4.74 Å². The predicted octanol–water partition coefficient (Wildman–Crippen LogP) is 5.29. The number of anilines is 1. The lowest BCUT2D eigenvalue weighted by molar-refractivity contribution is 0.414. The Hall–Kier alpha value is -1.77. The lowest BCUT2D eigenvalue weighted by Gasteiger charge is -2.27. The predicted molar refractivity (Wildman–Crippen MR) is 97.1 cm³/mol. The molecule has 0 fully saturated rings. The monoisotopic (exact) mass is 302 g/mol. The quantitative estimate of drug-likeness (QED) is 0.695. The van der Waals surface area contributed by atoms with Crippen LogP contribution in [0.15, 0.2) is 30.5 Å². The molecule has 0 atom stereocenters. The summed E-state index contributed by atoms with van der Waals surface area (Å²) >= 11 is 0. The molecule has 0 radical (unpaired) electrons. The van der Waals surface area contributed by atoms with Gasteiger partial charge in [-0.15, -0.1) is 0 Å². The number of aromatic nitrogens is 1. The topological polar surface area (TPSA) is 25.4 Å². The van der Waals surface area contributed by atoms with Crippen molar-refractivity contribution in [3.05, 3.63) is 30.5 Å². The molecule has 1 aromatic carbocycles. The molecule has 0 aliphatic carbocycles. The van der Waals surface area contributed by atoms with Gasteiger partial charge in [-0.1, -0.05) is 40.2 Å². The molecule has 0 amide bonds. The van der Waals surface area contributed by atoms with E-state index in [0.717, 1.165) is 36.5 Å². The summed E-state index contributed by atoms with van der Waals surface area (Å²) in [5.74, 6) is 0.917. The number of methoxy groups -OCH3 is 1. The first-order chi connectivity index (χ1) is 10.8. The third-order valence-corrected chi connectivity index (χ3v) is 3.52. The van der Waals surface area contributed by atoms with Crippen molar-refractivity contribution >= 4 is 16.6 Å². The third kappa shape index (κ3) is 4.36. The summed E-state index contributed by atoms with van der Waals surface area (Å²) in [6.07, 6.45) is 5.36. The van der Waals surface area contributed by atoms with Gasteiger partial charge in [0.15, 0.2) is 0 Å². The summed E-state index contributed by atoms with van der Waals surface area (Å²) < 4.78 is 5.58. The largest absolute Gasteiger partial charge is 0.494 e. The molecule has 0 unspecified atom stereocenters. The van der Waals surface area contributed by atoms with Crippen LogP contribution in [-0.2, 0) is 0 Å².